The van der Waals surface area contributed by atoms with Gasteiger partial charge >= 0.3 is 39.5 Å². The summed E-state index contributed by atoms with van der Waals surface area (Å²) in [5.74, 6) is -2.13. The zero-order valence-corrected chi connectivity index (χ0v) is 62.7. The molecule has 0 aliphatic rings. The van der Waals surface area contributed by atoms with Crippen LogP contribution in [0.1, 0.15) is 400 Å². The Hall–Kier alpha value is -1.94. The van der Waals surface area contributed by atoms with Crippen LogP contribution in [-0.2, 0) is 65.4 Å². The van der Waals surface area contributed by atoms with Crippen LogP contribution in [0.5, 0.6) is 0 Å². The average molecular weight is 1380 g/mol. The maximum Gasteiger partial charge on any atom is 0.472 e. The molecular formula is C75H146O17P2. The zero-order chi connectivity index (χ0) is 69.0. The summed E-state index contributed by atoms with van der Waals surface area (Å²) in [6.45, 7) is 4.88. The first-order valence-corrected chi connectivity index (χ1v) is 42.3. The quantitative estimate of drug-likeness (QED) is 0.0222. The Morgan fingerprint density at radius 2 is 0.426 bits per heavy atom. The van der Waals surface area contributed by atoms with Crippen molar-refractivity contribution in [2.24, 2.45) is 0 Å². The molecule has 0 spiro atoms. The van der Waals surface area contributed by atoms with Gasteiger partial charge in [-0.3, -0.25) is 37.3 Å². The van der Waals surface area contributed by atoms with Crippen molar-refractivity contribution in [3.05, 3.63) is 0 Å². The molecule has 0 fully saturated rings. The number of carbonyl (C=O) groups excluding carboxylic acids is 4. The Morgan fingerprint density at radius 3 is 0.628 bits per heavy atom. The van der Waals surface area contributed by atoms with Crippen molar-refractivity contribution in [2.75, 3.05) is 39.6 Å². The Bertz CT molecular complexity index is 1790. The zero-order valence-electron chi connectivity index (χ0n) is 60.9. The molecule has 0 saturated heterocycles. The lowest BCUT2D eigenvalue weighted by atomic mass is 10.0. The first kappa shape index (κ1) is 92.1. The van der Waals surface area contributed by atoms with Gasteiger partial charge in [0.05, 0.1) is 26.4 Å². The van der Waals surface area contributed by atoms with Gasteiger partial charge in [-0.15, -0.1) is 0 Å². The number of phosphoric acid groups is 2. The van der Waals surface area contributed by atoms with Gasteiger partial charge in [-0.2, -0.15) is 0 Å². The van der Waals surface area contributed by atoms with Crippen molar-refractivity contribution in [2.45, 2.75) is 418 Å². The lowest BCUT2D eigenvalue weighted by Crippen LogP contribution is -2.30. The van der Waals surface area contributed by atoms with E-state index in [1.54, 1.807) is 0 Å². The number of rotatable bonds is 76. The molecule has 19 heteroatoms. The predicted octanol–water partition coefficient (Wildman–Crippen LogP) is 22.2. The third-order valence-corrected chi connectivity index (χ3v) is 19.5. The van der Waals surface area contributed by atoms with Crippen LogP contribution in [0.4, 0.5) is 0 Å². The average Bonchev–Trinajstić information content (AvgIpc) is 2.24. The summed E-state index contributed by atoms with van der Waals surface area (Å²) in [5, 5.41) is 10.6. The molecule has 0 aliphatic heterocycles. The second-order valence-corrected chi connectivity index (χ2v) is 29.9. The molecule has 0 aromatic carbocycles. The van der Waals surface area contributed by atoms with Crippen molar-refractivity contribution in [1.29, 1.82) is 0 Å². The van der Waals surface area contributed by atoms with E-state index in [2.05, 4.69) is 27.7 Å². The van der Waals surface area contributed by atoms with E-state index in [-0.39, 0.29) is 25.7 Å². The lowest BCUT2D eigenvalue weighted by Gasteiger charge is -2.21. The van der Waals surface area contributed by atoms with E-state index < -0.39 is 97.5 Å². The highest BCUT2D eigenvalue weighted by molar-refractivity contribution is 7.47. The molecule has 0 amide bonds. The van der Waals surface area contributed by atoms with Crippen LogP contribution in [0, 0.1) is 0 Å². The van der Waals surface area contributed by atoms with E-state index in [1.807, 2.05) is 0 Å². The Kier molecular flexibility index (Phi) is 68.1. The Labute approximate surface area is 575 Å². The molecule has 94 heavy (non-hydrogen) atoms. The largest absolute Gasteiger partial charge is 0.472 e. The molecule has 0 radical (unpaired) electrons. The summed E-state index contributed by atoms with van der Waals surface area (Å²) in [7, 11) is -9.89. The van der Waals surface area contributed by atoms with E-state index in [0.717, 1.165) is 96.3 Å². The van der Waals surface area contributed by atoms with Crippen LogP contribution in [0.25, 0.3) is 0 Å². The normalized spacial score (nSPS) is 13.9. The number of aliphatic hydroxyl groups is 1. The van der Waals surface area contributed by atoms with Crippen LogP contribution in [0.15, 0.2) is 0 Å². The fraction of sp³-hybridized carbons (Fsp3) is 0.947. The van der Waals surface area contributed by atoms with Gasteiger partial charge in [0, 0.05) is 25.7 Å². The second-order valence-electron chi connectivity index (χ2n) is 27.0. The number of esters is 4. The van der Waals surface area contributed by atoms with Crippen molar-refractivity contribution < 1.29 is 80.2 Å². The first-order valence-electron chi connectivity index (χ1n) is 39.3. The van der Waals surface area contributed by atoms with E-state index in [4.69, 9.17) is 37.0 Å². The van der Waals surface area contributed by atoms with E-state index in [0.29, 0.717) is 25.7 Å². The van der Waals surface area contributed by atoms with Gasteiger partial charge in [0.1, 0.15) is 19.3 Å². The molecule has 0 aromatic heterocycles. The Morgan fingerprint density at radius 1 is 0.255 bits per heavy atom. The Balaban J connectivity index is 5.10. The lowest BCUT2D eigenvalue weighted by molar-refractivity contribution is -0.161. The summed E-state index contributed by atoms with van der Waals surface area (Å²) < 4.78 is 68.2. The molecule has 17 nitrogen and oxygen atoms in total. The molecule has 0 aliphatic carbocycles. The van der Waals surface area contributed by atoms with Crippen LogP contribution >= 0.6 is 15.6 Å². The highest BCUT2D eigenvalue weighted by atomic mass is 31.2. The maximum atomic E-state index is 13.1. The highest BCUT2D eigenvalue weighted by Crippen LogP contribution is 2.45. The SMILES string of the molecule is CCCCCCCCCCCCCCCCCCCCCCCC(=O)O[C@H](COC(=O)CCCCCCCCCCCCCCCCCCCC)COP(=O)(O)OC[C@@H](O)COP(=O)(O)OC[C@@H](COC(=O)CCCCCCC)OC(=O)CCCCCCCCCCCC. The number of hydrogen-bond acceptors (Lipinski definition) is 15. The molecule has 558 valence electrons. The number of carbonyl (C=O) groups is 4. The molecule has 0 rings (SSSR count). The predicted molar refractivity (Wildman–Crippen MR) is 382 cm³/mol. The van der Waals surface area contributed by atoms with Gasteiger partial charge in [-0.25, -0.2) is 9.13 Å². The minimum absolute atomic E-state index is 0.106. The van der Waals surface area contributed by atoms with Gasteiger partial charge in [0.15, 0.2) is 12.2 Å². The summed E-state index contributed by atoms with van der Waals surface area (Å²) in [4.78, 5) is 72.4. The van der Waals surface area contributed by atoms with Crippen molar-refractivity contribution in [1.82, 2.24) is 0 Å². The van der Waals surface area contributed by atoms with E-state index in [1.165, 1.54) is 225 Å². The molecule has 3 N–H and O–H groups in total. The molecule has 0 saturated carbocycles. The number of unbranched alkanes of at least 4 members (excludes halogenated alkanes) is 50. The topological polar surface area (TPSA) is 237 Å². The minimum atomic E-state index is -4.95. The minimum Gasteiger partial charge on any atom is -0.462 e. The number of hydrogen-bond donors (Lipinski definition) is 3. The maximum absolute atomic E-state index is 13.1. The smallest absolute Gasteiger partial charge is 0.462 e. The molecular weight excluding hydrogens is 1230 g/mol. The molecule has 0 aromatic rings. The summed E-state index contributed by atoms with van der Waals surface area (Å²) in [6, 6.07) is 0. The highest BCUT2D eigenvalue weighted by Gasteiger charge is 2.30. The van der Waals surface area contributed by atoms with Gasteiger partial charge in [-0.05, 0) is 25.7 Å². The molecule has 5 atom stereocenters. The molecule has 0 bridgehead atoms. The van der Waals surface area contributed by atoms with Crippen LogP contribution in [0.3, 0.4) is 0 Å². The summed E-state index contributed by atoms with van der Waals surface area (Å²) in [6.07, 6.45) is 60.3. The molecule has 2 unspecified atom stereocenters. The van der Waals surface area contributed by atoms with Crippen molar-refractivity contribution in [3.8, 4) is 0 Å². The van der Waals surface area contributed by atoms with Gasteiger partial charge in [0.25, 0.3) is 0 Å². The van der Waals surface area contributed by atoms with Crippen LogP contribution in [0.2, 0.25) is 0 Å². The number of aliphatic hydroxyl groups excluding tert-OH is 1. The number of phosphoric ester groups is 2. The van der Waals surface area contributed by atoms with Crippen molar-refractivity contribution >= 4 is 39.5 Å². The monoisotopic (exact) mass is 1380 g/mol. The summed E-state index contributed by atoms with van der Waals surface area (Å²) in [5.41, 5.74) is 0. The summed E-state index contributed by atoms with van der Waals surface area (Å²) >= 11 is 0. The van der Waals surface area contributed by atoms with Gasteiger partial charge in [0.2, 0.25) is 0 Å². The van der Waals surface area contributed by atoms with Crippen LogP contribution < -0.4 is 0 Å². The fourth-order valence-corrected chi connectivity index (χ4v) is 13.2. The van der Waals surface area contributed by atoms with Gasteiger partial charge in [-0.1, -0.05) is 349 Å². The second kappa shape index (κ2) is 69.5. The third-order valence-electron chi connectivity index (χ3n) is 17.6. The van der Waals surface area contributed by atoms with E-state index >= 15 is 0 Å². The van der Waals surface area contributed by atoms with Gasteiger partial charge < -0.3 is 33.8 Å². The van der Waals surface area contributed by atoms with Crippen molar-refractivity contribution in [3.63, 3.8) is 0 Å². The molecule has 0 heterocycles. The third kappa shape index (κ3) is 68.6. The standard InChI is InChI=1S/C75H146O17P2/c1-5-9-13-17-20-23-26-28-30-32-34-35-36-38-40-42-44-47-50-54-58-62-75(80)92-71(66-86-73(78)60-56-52-48-46-43-41-39-37-33-31-29-27-24-21-18-14-10-6-2)68-90-94(83,84)88-64-69(76)63-87-93(81,82)89-67-70(65-85-72(77)59-55-51-16-12-8-4)91-74(79)61-57-53-49-45-25-22-19-15-11-7-3/h69-71,76H,5-68H2,1-4H3,(H,81,82)(H,83,84)/t69-,70+,71+/m0/s1. The number of ether oxygens (including phenoxy) is 4. The van der Waals surface area contributed by atoms with E-state index in [9.17, 15) is 43.2 Å². The first-order chi connectivity index (χ1) is 45.7. The fourth-order valence-electron chi connectivity index (χ4n) is 11.6. The van der Waals surface area contributed by atoms with Crippen LogP contribution in [-0.4, -0.2) is 96.7 Å².